The standard InChI is InChI=1S/C15H12N6OS2/c1-20-14(22)11-7-8-23-13(11)16-15(20)24-9-12-17-18-19-21(12)10-5-3-2-4-6-10/h2-8H,9H2,1H3. The van der Waals surface area contributed by atoms with Gasteiger partial charge in [0, 0.05) is 7.05 Å². The second kappa shape index (κ2) is 6.17. The molecule has 0 aliphatic carbocycles. The summed E-state index contributed by atoms with van der Waals surface area (Å²) in [5, 5.41) is 15.1. The number of tetrazole rings is 1. The van der Waals surface area contributed by atoms with E-state index in [4.69, 9.17) is 0 Å². The first-order valence-corrected chi connectivity index (χ1v) is 9.00. The Morgan fingerprint density at radius 3 is 2.88 bits per heavy atom. The molecule has 9 heteroatoms. The Bertz CT molecular complexity index is 1050. The van der Waals surface area contributed by atoms with Crippen LogP contribution in [-0.2, 0) is 12.8 Å². The van der Waals surface area contributed by atoms with Gasteiger partial charge in [0.15, 0.2) is 11.0 Å². The lowest BCUT2D eigenvalue weighted by Gasteiger charge is -2.07. The predicted molar refractivity (Wildman–Crippen MR) is 93.6 cm³/mol. The number of nitrogens with zero attached hydrogens (tertiary/aromatic N) is 6. The minimum Gasteiger partial charge on any atom is -0.290 e. The van der Waals surface area contributed by atoms with Gasteiger partial charge in [-0.05, 0) is 34.0 Å². The zero-order chi connectivity index (χ0) is 16.5. The van der Waals surface area contributed by atoms with Crippen LogP contribution in [0.4, 0.5) is 0 Å². The van der Waals surface area contributed by atoms with Gasteiger partial charge in [-0.15, -0.1) is 16.4 Å². The first kappa shape index (κ1) is 15.0. The number of rotatable bonds is 4. The Labute approximate surface area is 145 Å². The SMILES string of the molecule is Cn1c(SCc2nnnn2-c2ccccc2)nc2sccc2c1=O. The van der Waals surface area contributed by atoms with E-state index in [9.17, 15) is 4.79 Å². The van der Waals surface area contributed by atoms with Gasteiger partial charge in [0.25, 0.3) is 5.56 Å². The minimum atomic E-state index is -0.0357. The third-order valence-corrected chi connectivity index (χ3v) is 5.36. The highest BCUT2D eigenvalue weighted by atomic mass is 32.2. The van der Waals surface area contributed by atoms with Crippen molar-refractivity contribution in [2.75, 3.05) is 0 Å². The number of fused-ring (bicyclic) bond motifs is 1. The van der Waals surface area contributed by atoms with Crippen molar-refractivity contribution in [3.63, 3.8) is 0 Å². The second-order valence-corrected chi connectivity index (χ2v) is 6.87. The van der Waals surface area contributed by atoms with Gasteiger partial charge >= 0.3 is 0 Å². The lowest BCUT2D eigenvalue weighted by molar-refractivity contribution is 0.726. The van der Waals surface area contributed by atoms with Crippen LogP contribution in [0.15, 0.2) is 51.7 Å². The molecule has 0 atom stereocenters. The fourth-order valence-electron chi connectivity index (χ4n) is 2.30. The van der Waals surface area contributed by atoms with Crippen molar-refractivity contribution < 1.29 is 0 Å². The average molecular weight is 356 g/mol. The molecule has 7 nitrogen and oxygen atoms in total. The molecular weight excluding hydrogens is 344 g/mol. The number of hydrogen-bond acceptors (Lipinski definition) is 7. The summed E-state index contributed by atoms with van der Waals surface area (Å²) >= 11 is 2.91. The van der Waals surface area contributed by atoms with Crippen LogP contribution in [0, 0.1) is 0 Å². The summed E-state index contributed by atoms with van der Waals surface area (Å²) in [6.07, 6.45) is 0. The molecule has 0 saturated carbocycles. The van der Waals surface area contributed by atoms with E-state index in [1.54, 1.807) is 22.4 Å². The van der Waals surface area contributed by atoms with Gasteiger partial charge in [-0.2, -0.15) is 4.68 Å². The normalized spacial score (nSPS) is 11.2. The first-order chi connectivity index (χ1) is 11.7. The van der Waals surface area contributed by atoms with Crippen molar-refractivity contribution in [3.8, 4) is 5.69 Å². The Morgan fingerprint density at radius 1 is 1.21 bits per heavy atom. The van der Waals surface area contributed by atoms with Crippen LogP contribution in [-0.4, -0.2) is 29.8 Å². The summed E-state index contributed by atoms with van der Waals surface area (Å²) in [6.45, 7) is 0. The Balaban J connectivity index is 1.64. The van der Waals surface area contributed by atoms with Crippen molar-refractivity contribution in [1.82, 2.24) is 29.8 Å². The lowest BCUT2D eigenvalue weighted by Crippen LogP contribution is -2.19. The molecule has 4 rings (SSSR count). The molecule has 3 aromatic heterocycles. The molecule has 1 aromatic carbocycles. The zero-order valence-corrected chi connectivity index (χ0v) is 14.3. The Kier molecular flexibility index (Phi) is 3.87. The molecule has 0 amide bonds. The Hall–Kier alpha value is -2.52. The molecule has 0 aliphatic heterocycles. The lowest BCUT2D eigenvalue weighted by atomic mass is 10.3. The maximum atomic E-state index is 12.3. The smallest absolute Gasteiger partial charge is 0.262 e. The van der Waals surface area contributed by atoms with Crippen molar-refractivity contribution in [2.45, 2.75) is 10.9 Å². The molecular formula is C15H12N6OS2. The van der Waals surface area contributed by atoms with Gasteiger partial charge < -0.3 is 0 Å². The quantitative estimate of drug-likeness (QED) is 0.412. The molecule has 0 aliphatic rings. The maximum absolute atomic E-state index is 12.3. The third-order valence-electron chi connectivity index (χ3n) is 3.53. The van der Waals surface area contributed by atoms with Crippen LogP contribution in [0.25, 0.3) is 15.9 Å². The number of benzene rings is 1. The summed E-state index contributed by atoms with van der Waals surface area (Å²) in [7, 11) is 1.73. The highest BCUT2D eigenvalue weighted by Crippen LogP contribution is 2.23. The average Bonchev–Trinajstić information content (AvgIpc) is 3.26. The summed E-state index contributed by atoms with van der Waals surface area (Å²) in [6, 6.07) is 11.5. The topological polar surface area (TPSA) is 78.5 Å². The monoisotopic (exact) mass is 356 g/mol. The molecule has 0 spiro atoms. The molecule has 0 fully saturated rings. The fraction of sp³-hybridized carbons (Fsp3) is 0.133. The van der Waals surface area contributed by atoms with E-state index < -0.39 is 0 Å². The largest absolute Gasteiger partial charge is 0.290 e. The molecule has 0 saturated heterocycles. The Morgan fingerprint density at radius 2 is 2.04 bits per heavy atom. The minimum absolute atomic E-state index is 0.0357. The van der Waals surface area contributed by atoms with Crippen LogP contribution in [0.2, 0.25) is 0 Å². The van der Waals surface area contributed by atoms with Crippen molar-refractivity contribution >= 4 is 33.3 Å². The van der Waals surface area contributed by atoms with Crippen LogP contribution in [0.5, 0.6) is 0 Å². The number of hydrogen-bond donors (Lipinski definition) is 0. The van der Waals surface area contributed by atoms with Gasteiger partial charge in [0.1, 0.15) is 4.83 Å². The molecule has 0 unspecified atom stereocenters. The van der Waals surface area contributed by atoms with Gasteiger partial charge in [0.05, 0.1) is 16.8 Å². The van der Waals surface area contributed by atoms with E-state index in [0.29, 0.717) is 22.1 Å². The van der Waals surface area contributed by atoms with Crippen LogP contribution < -0.4 is 5.56 Å². The summed E-state index contributed by atoms with van der Waals surface area (Å²) in [4.78, 5) is 17.6. The zero-order valence-electron chi connectivity index (χ0n) is 12.7. The molecule has 24 heavy (non-hydrogen) atoms. The molecule has 0 N–H and O–H groups in total. The molecule has 120 valence electrons. The number of thiophene rings is 1. The van der Waals surface area contributed by atoms with Crippen LogP contribution in [0.1, 0.15) is 5.82 Å². The van der Waals surface area contributed by atoms with E-state index in [1.165, 1.54) is 23.1 Å². The van der Waals surface area contributed by atoms with Gasteiger partial charge in [-0.25, -0.2) is 4.98 Å². The van der Waals surface area contributed by atoms with E-state index in [-0.39, 0.29) is 5.56 Å². The van der Waals surface area contributed by atoms with E-state index in [0.717, 1.165) is 10.5 Å². The van der Waals surface area contributed by atoms with Gasteiger partial charge in [-0.3, -0.25) is 9.36 Å². The van der Waals surface area contributed by atoms with Crippen molar-refractivity contribution in [3.05, 3.63) is 58.0 Å². The fourth-order valence-corrected chi connectivity index (χ4v) is 3.99. The number of thioether (sulfide) groups is 1. The maximum Gasteiger partial charge on any atom is 0.262 e. The summed E-state index contributed by atoms with van der Waals surface area (Å²) < 4.78 is 3.26. The van der Waals surface area contributed by atoms with Gasteiger partial charge in [0.2, 0.25) is 0 Å². The van der Waals surface area contributed by atoms with E-state index >= 15 is 0 Å². The van der Waals surface area contributed by atoms with Crippen molar-refractivity contribution in [2.24, 2.45) is 7.05 Å². The molecule has 3 heterocycles. The van der Waals surface area contributed by atoms with E-state index in [1.807, 2.05) is 35.7 Å². The third kappa shape index (κ3) is 2.61. The van der Waals surface area contributed by atoms with Gasteiger partial charge in [-0.1, -0.05) is 30.0 Å². The molecule has 0 radical (unpaired) electrons. The number of para-hydroxylation sites is 1. The first-order valence-electron chi connectivity index (χ1n) is 7.14. The molecule has 0 bridgehead atoms. The highest BCUT2D eigenvalue weighted by molar-refractivity contribution is 7.98. The summed E-state index contributed by atoms with van der Waals surface area (Å²) in [5.41, 5.74) is 0.861. The summed E-state index contributed by atoms with van der Waals surface area (Å²) in [5.74, 6) is 1.21. The predicted octanol–water partition coefficient (Wildman–Crippen LogP) is 2.26. The second-order valence-electron chi connectivity index (χ2n) is 5.03. The van der Waals surface area contributed by atoms with Crippen LogP contribution >= 0.6 is 23.1 Å². The van der Waals surface area contributed by atoms with Crippen molar-refractivity contribution in [1.29, 1.82) is 0 Å². The van der Waals surface area contributed by atoms with E-state index in [2.05, 4.69) is 20.5 Å². The number of aromatic nitrogens is 6. The molecule has 4 aromatic rings. The highest BCUT2D eigenvalue weighted by Gasteiger charge is 2.13. The van der Waals surface area contributed by atoms with Crippen LogP contribution in [0.3, 0.4) is 0 Å².